The lowest BCUT2D eigenvalue weighted by Gasteiger charge is -2.21. The lowest BCUT2D eigenvalue weighted by molar-refractivity contribution is -0.119. The van der Waals surface area contributed by atoms with Crippen molar-refractivity contribution < 1.29 is 9.59 Å². The second kappa shape index (κ2) is 11.5. The fourth-order valence-electron chi connectivity index (χ4n) is 2.42. The summed E-state index contributed by atoms with van der Waals surface area (Å²) in [5.74, 6) is 0.0585. The Morgan fingerprint density at radius 3 is 2.12 bits per heavy atom. The third kappa shape index (κ3) is 7.02. The summed E-state index contributed by atoms with van der Waals surface area (Å²) in [6.07, 6.45) is 3.97. The van der Waals surface area contributed by atoms with Crippen LogP contribution < -0.4 is 10.6 Å². The second-order valence-electron chi connectivity index (χ2n) is 5.93. The van der Waals surface area contributed by atoms with Gasteiger partial charge in [0.25, 0.3) is 5.91 Å². The number of rotatable bonds is 11. The molecule has 0 saturated carbocycles. The molecule has 0 aliphatic carbocycles. The van der Waals surface area contributed by atoms with E-state index in [2.05, 4.69) is 31.4 Å². The molecule has 24 heavy (non-hydrogen) atoms. The van der Waals surface area contributed by atoms with Gasteiger partial charge in [-0.1, -0.05) is 27.2 Å². The van der Waals surface area contributed by atoms with E-state index in [9.17, 15) is 9.59 Å². The summed E-state index contributed by atoms with van der Waals surface area (Å²) in [6, 6.07) is 7.33. The average Bonchev–Trinajstić information content (AvgIpc) is 2.60. The molecule has 1 rings (SSSR count). The van der Waals surface area contributed by atoms with E-state index in [-0.39, 0.29) is 18.4 Å². The summed E-state index contributed by atoms with van der Waals surface area (Å²) < 4.78 is 0. The number of carbonyl (C=O) groups is 2. The number of amides is 2. The molecule has 0 aliphatic rings. The maximum absolute atomic E-state index is 12.5. The number of hydrogen-bond acceptors (Lipinski definition) is 3. The highest BCUT2D eigenvalue weighted by molar-refractivity contribution is 5.94. The van der Waals surface area contributed by atoms with Crippen LogP contribution in [-0.2, 0) is 4.79 Å². The first-order valence-corrected chi connectivity index (χ1v) is 9.02. The molecule has 0 unspecified atom stereocenters. The predicted molar refractivity (Wildman–Crippen MR) is 99.3 cm³/mol. The Morgan fingerprint density at radius 1 is 0.958 bits per heavy atom. The van der Waals surface area contributed by atoms with Gasteiger partial charge in [0.2, 0.25) is 5.91 Å². The van der Waals surface area contributed by atoms with Crippen molar-refractivity contribution >= 4 is 17.5 Å². The van der Waals surface area contributed by atoms with E-state index in [0.717, 1.165) is 51.0 Å². The number of benzene rings is 1. The first-order chi connectivity index (χ1) is 11.6. The van der Waals surface area contributed by atoms with E-state index in [1.807, 2.05) is 29.2 Å². The van der Waals surface area contributed by atoms with E-state index in [1.165, 1.54) is 0 Å². The van der Waals surface area contributed by atoms with Crippen LogP contribution in [0.4, 0.5) is 5.69 Å². The fourth-order valence-corrected chi connectivity index (χ4v) is 2.42. The molecule has 0 saturated heterocycles. The fraction of sp³-hybridized carbons (Fsp3) is 0.579. The van der Waals surface area contributed by atoms with Crippen LogP contribution in [0.5, 0.6) is 0 Å². The standard InChI is InChI=1S/C19H31N3O2/c1-4-7-12-20-18(23)15-21-17-10-8-16(9-11-17)19(24)22(13-5-2)14-6-3/h8-11,21H,4-7,12-15H2,1-3H3,(H,20,23). The third-order valence-corrected chi connectivity index (χ3v) is 3.71. The Bertz CT molecular complexity index is 494. The second-order valence-corrected chi connectivity index (χ2v) is 5.93. The number of nitrogens with one attached hydrogen (secondary N) is 2. The van der Waals surface area contributed by atoms with Gasteiger partial charge in [-0.2, -0.15) is 0 Å². The Balaban J connectivity index is 2.52. The van der Waals surface area contributed by atoms with Gasteiger partial charge in [-0.05, 0) is 43.5 Å². The van der Waals surface area contributed by atoms with Gasteiger partial charge in [-0.15, -0.1) is 0 Å². The van der Waals surface area contributed by atoms with Gasteiger partial charge in [0.05, 0.1) is 6.54 Å². The topological polar surface area (TPSA) is 61.4 Å². The average molecular weight is 333 g/mol. The van der Waals surface area contributed by atoms with Crippen LogP contribution in [-0.4, -0.2) is 42.9 Å². The van der Waals surface area contributed by atoms with Crippen molar-refractivity contribution in [3.63, 3.8) is 0 Å². The van der Waals surface area contributed by atoms with Crippen LogP contribution in [0.15, 0.2) is 24.3 Å². The summed E-state index contributed by atoms with van der Waals surface area (Å²) in [5.41, 5.74) is 1.53. The molecule has 2 N–H and O–H groups in total. The zero-order valence-electron chi connectivity index (χ0n) is 15.2. The summed E-state index contributed by atoms with van der Waals surface area (Å²) >= 11 is 0. The molecule has 0 atom stereocenters. The van der Waals surface area contributed by atoms with Gasteiger partial charge in [0, 0.05) is 30.9 Å². The van der Waals surface area contributed by atoms with Gasteiger partial charge in [-0.3, -0.25) is 9.59 Å². The quantitative estimate of drug-likeness (QED) is 0.611. The van der Waals surface area contributed by atoms with Crippen LogP contribution in [0, 0.1) is 0 Å². The van der Waals surface area contributed by atoms with E-state index in [1.54, 1.807) is 0 Å². The Labute approximate surface area is 145 Å². The SMILES string of the molecule is CCCCNC(=O)CNc1ccc(C(=O)N(CCC)CCC)cc1. The minimum atomic E-state index is -0.0133. The number of carbonyl (C=O) groups excluding carboxylic acids is 2. The minimum absolute atomic E-state index is 0.0133. The number of anilines is 1. The molecule has 0 bridgehead atoms. The normalized spacial score (nSPS) is 10.3. The Kier molecular flexibility index (Phi) is 9.58. The smallest absolute Gasteiger partial charge is 0.253 e. The molecule has 5 heteroatoms. The van der Waals surface area contributed by atoms with Crippen molar-refractivity contribution in [2.24, 2.45) is 0 Å². The summed E-state index contributed by atoms with van der Waals surface area (Å²) in [6.45, 7) is 8.78. The Hall–Kier alpha value is -2.04. The predicted octanol–water partition coefficient (Wildman–Crippen LogP) is 3.28. The summed E-state index contributed by atoms with van der Waals surface area (Å²) in [7, 11) is 0. The molecule has 134 valence electrons. The number of unbranched alkanes of at least 4 members (excludes halogenated alkanes) is 1. The first kappa shape index (κ1) is 20.0. The molecule has 0 radical (unpaired) electrons. The van der Waals surface area contributed by atoms with Gasteiger partial charge in [-0.25, -0.2) is 0 Å². The van der Waals surface area contributed by atoms with Crippen LogP contribution in [0.1, 0.15) is 56.8 Å². The molecule has 2 amide bonds. The molecule has 1 aromatic carbocycles. The zero-order chi connectivity index (χ0) is 17.8. The third-order valence-electron chi connectivity index (χ3n) is 3.71. The molecular weight excluding hydrogens is 302 g/mol. The summed E-state index contributed by atoms with van der Waals surface area (Å²) in [5, 5.41) is 5.94. The molecule has 5 nitrogen and oxygen atoms in total. The van der Waals surface area contributed by atoms with Crippen LogP contribution in [0.3, 0.4) is 0 Å². The lowest BCUT2D eigenvalue weighted by Crippen LogP contribution is -2.32. The van der Waals surface area contributed by atoms with Crippen molar-refractivity contribution in [2.75, 3.05) is 31.5 Å². The molecule has 1 aromatic rings. The van der Waals surface area contributed by atoms with Gasteiger partial charge in [0.15, 0.2) is 0 Å². The van der Waals surface area contributed by atoms with Crippen molar-refractivity contribution in [1.82, 2.24) is 10.2 Å². The molecule has 0 aliphatic heterocycles. The highest BCUT2D eigenvalue weighted by Gasteiger charge is 2.13. The minimum Gasteiger partial charge on any atom is -0.376 e. The maximum atomic E-state index is 12.5. The molecule has 0 heterocycles. The Morgan fingerprint density at radius 2 is 1.58 bits per heavy atom. The van der Waals surface area contributed by atoms with Gasteiger partial charge < -0.3 is 15.5 Å². The zero-order valence-corrected chi connectivity index (χ0v) is 15.2. The van der Waals surface area contributed by atoms with Crippen molar-refractivity contribution in [2.45, 2.75) is 46.5 Å². The van der Waals surface area contributed by atoms with Crippen molar-refractivity contribution in [3.8, 4) is 0 Å². The monoisotopic (exact) mass is 333 g/mol. The van der Waals surface area contributed by atoms with Crippen molar-refractivity contribution in [1.29, 1.82) is 0 Å². The van der Waals surface area contributed by atoms with Gasteiger partial charge >= 0.3 is 0 Å². The highest BCUT2D eigenvalue weighted by Crippen LogP contribution is 2.12. The first-order valence-electron chi connectivity index (χ1n) is 9.02. The van der Waals surface area contributed by atoms with Crippen LogP contribution in [0.2, 0.25) is 0 Å². The lowest BCUT2D eigenvalue weighted by atomic mass is 10.1. The van der Waals surface area contributed by atoms with E-state index < -0.39 is 0 Å². The molecule has 0 spiro atoms. The van der Waals surface area contributed by atoms with E-state index in [4.69, 9.17) is 0 Å². The number of hydrogen-bond donors (Lipinski definition) is 2. The molecular formula is C19H31N3O2. The number of nitrogens with zero attached hydrogens (tertiary/aromatic N) is 1. The van der Waals surface area contributed by atoms with Crippen LogP contribution >= 0.6 is 0 Å². The maximum Gasteiger partial charge on any atom is 0.253 e. The largest absolute Gasteiger partial charge is 0.376 e. The molecule has 0 fully saturated rings. The van der Waals surface area contributed by atoms with Crippen molar-refractivity contribution in [3.05, 3.63) is 29.8 Å². The van der Waals surface area contributed by atoms with Gasteiger partial charge in [0.1, 0.15) is 0 Å². The molecule has 0 aromatic heterocycles. The van der Waals surface area contributed by atoms with E-state index >= 15 is 0 Å². The summed E-state index contributed by atoms with van der Waals surface area (Å²) in [4.78, 5) is 26.0. The highest BCUT2D eigenvalue weighted by atomic mass is 16.2. The van der Waals surface area contributed by atoms with E-state index in [0.29, 0.717) is 5.56 Å². The van der Waals surface area contributed by atoms with Crippen LogP contribution in [0.25, 0.3) is 0 Å².